The average Bonchev–Trinajstić information content (AvgIpc) is 1.99. The molecule has 0 atom stereocenters. The number of nitrogens with zero attached hydrogens (tertiary/aromatic N) is 1. The van der Waals surface area contributed by atoms with Crippen LogP contribution in [0.25, 0.3) is 0 Å². The molecule has 2 heteroatoms. The molecular formula is C9H10N2. The molecule has 0 aliphatic rings. The van der Waals surface area contributed by atoms with Crippen molar-refractivity contribution in [2.75, 3.05) is 0 Å². The van der Waals surface area contributed by atoms with Crippen LogP contribution >= 0.6 is 0 Å². The van der Waals surface area contributed by atoms with E-state index in [-0.39, 0.29) is 0 Å². The Hall–Kier alpha value is -1.40. The Morgan fingerprint density at radius 3 is 2.73 bits per heavy atom. The molecule has 2 nitrogen and oxygen atoms in total. The summed E-state index contributed by atoms with van der Waals surface area (Å²) in [4.78, 5) is 3.78. The van der Waals surface area contributed by atoms with E-state index in [0.717, 1.165) is 11.3 Å². The summed E-state index contributed by atoms with van der Waals surface area (Å²) in [7, 11) is 0. The highest BCUT2D eigenvalue weighted by Crippen LogP contribution is 2.19. The van der Waals surface area contributed by atoms with Crippen LogP contribution in [-0.4, -0.2) is 6.01 Å². The molecule has 0 fully saturated rings. The molecule has 0 unspecified atom stereocenters. The predicted molar refractivity (Wildman–Crippen MR) is 45.7 cm³/mol. The fourth-order valence-corrected chi connectivity index (χ4v) is 0.917. The maximum absolute atomic E-state index is 6.69. The van der Waals surface area contributed by atoms with Gasteiger partial charge in [-0.1, -0.05) is 12.1 Å². The van der Waals surface area contributed by atoms with Gasteiger partial charge in [0.05, 0.1) is 11.7 Å². The van der Waals surface area contributed by atoms with Gasteiger partial charge in [-0.2, -0.15) is 4.99 Å². The molecule has 0 spiro atoms. The van der Waals surface area contributed by atoms with Crippen molar-refractivity contribution in [3.63, 3.8) is 0 Å². The minimum absolute atomic E-state index is 0.833. The average molecular weight is 146 g/mol. The van der Waals surface area contributed by atoms with Crippen molar-refractivity contribution in [1.82, 2.24) is 0 Å². The Labute approximate surface area is 66.1 Å². The molecule has 0 radical (unpaired) electrons. The lowest BCUT2D eigenvalue weighted by atomic mass is 10.1. The van der Waals surface area contributed by atoms with E-state index in [1.165, 1.54) is 5.56 Å². The fourth-order valence-electron chi connectivity index (χ4n) is 0.917. The van der Waals surface area contributed by atoms with Gasteiger partial charge >= 0.3 is 0 Å². The molecule has 0 aliphatic heterocycles. The van der Waals surface area contributed by atoms with Gasteiger partial charge in [0.1, 0.15) is 0 Å². The Balaban J connectivity index is 3.26. The van der Waals surface area contributed by atoms with Gasteiger partial charge in [-0.05, 0) is 31.0 Å². The lowest BCUT2D eigenvalue weighted by Gasteiger charge is -2.00. The fraction of sp³-hybridized carbons (Fsp3) is 0.222. The molecule has 56 valence electrons. The first-order chi connectivity index (χ1) is 5.25. The molecule has 0 bridgehead atoms. The van der Waals surface area contributed by atoms with Crippen LogP contribution in [-0.2, 0) is 0 Å². The maximum atomic E-state index is 6.69. The Bertz CT molecular complexity index is 309. The van der Waals surface area contributed by atoms with E-state index in [4.69, 9.17) is 5.41 Å². The number of hydrogen-bond acceptors (Lipinski definition) is 2. The number of benzene rings is 1. The summed E-state index contributed by atoms with van der Waals surface area (Å²) >= 11 is 0. The SMILES string of the molecule is Cc1cccc(N=C=N)c1C. The van der Waals surface area contributed by atoms with E-state index in [1.54, 1.807) is 0 Å². The van der Waals surface area contributed by atoms with Gasteiger partial charge in [-0.25, -0.2) is 5.41 Å². The number of aryl methyl sites for hydroxylation is 1. The number of aliphatic imine (C=N–C) groups is 1. The monoisotopic (exact) mass is 146 g/mol. The van der Waals surface area contributed by atoms with Gasteiger partial charge in [-0.15, -0.1) is 0 Å². The molecule has 0 heterocycles. The topological polar surface area (TPSA) is 36.2 Å². The van der Waals surface area contributed by atoms with Crippen LogP contribution < -0.4 is 0 Å². The molecule has 11 heavy (non-hydrogen) atoms. The standard InChI is InChI=1S/C9H10N2/c1-7-4-3-5-9(8(7)2)11-6-10/h3-5,10H,1-2H3. The van der Waals surface area contributed by atoms with Gasteiger partial charge in [0.15, 0.2) is 0 Å². The van der Waals surface area contributed by atoms with Crippen LogP contribution in [0.1, 0.15) is 11.1 Å². The summed E-state index contributed by atoms with van der Waals surface area (Å²) < 4.78 is 0. The first-order valence-corrected chi connectivity index (χ1v) is 3.44. The highest BCUT2D eigenvalue weighted by Gasteiger charge is 1.96. The van der Waals surface area contributed by atoms with Crippen molar-refractivity contribution in [3.8, 4) is 0 Å². The number of hydrogen-bond donors (Lipinski definition) is 1. The molecule has 0 saturated carbocycles. The summed E-state index contributed by atoms with van der Waals surface area (Å²) in [6.45, 7) is 4.02. The zero-order valence-corrected chi connectivity index (χ0v) is 6.68. The second-order valence-electron chi connectivity index (χ2n) is 2.44. The van der Waals surface area contributed by atoms with Crippen molar-refractivity contribution >= 4 is 11.7 Å². The summed E-state index contributed by atoms with van der Waals surface area (Å²) in [6.07, 6.45) is 0. The van der Waals surface area contributed by atoms with E-state index in [2.05, 4.69) is 4.99 Å². The van der Waals surface area contributed by atoms with E-state index in [9.17, 15) is 0 Å². The first-order valence-electron chi connectivity index (χ1n) is 3.44. The minimum Gasteiger partial charge on any atom is -0.241 e. The molecule has 0 amide bonds. The predicted octanol–water partition coefficient (Wildman–Crippen LogP) is 2.69. The summed E-state index contributed by atoms with van der Waals surface area (Å²) in [6, 6.07) is 7.86. The van der Waals surface area contributed by atoms with E-state index in [1.807, 2.05) is 38.1 Å². The smallest absolute Gasteiger partial charge is 0.0918 e. The van der Waals surface area contributed by atoms with Crippen LogP contribution in [0.2, 0.25) is 0 Å². The second-order valence-corrected chi connectivity index (χ2v) is 2.44. The Morgan fingerprint density at radius 1 is 1.36 bits per heavy atom. The van der Waals surface area contributed by atoms with Crippen LogP contribution in [0.4, 0.5) is 5.69 Å². The third kappa shape index (κ3) is 1.54. The third-order valence-corrected chi connectivity index (χ3v) is 1.75. The Kier molecular flexibility index (Phi) is 2.19. The van der Waals surface area contributed by atoms with Crippen molar-refractivity contribution < 1.29 is 0 Å². The molecule has 0 saturated heterocycles. The van der Waals surface area contributed by atoms with Crippen LogP contribution in [0, 0.1) is 19.3 Å². The molecule has 1 aromatic carbocycles. The van der Waals surface area contributed by atoms with Gasteiger partial charge in [0.2, 0.25) is 0 Å². The zero-order chi connectivity index (χ0) is 8.27. The van der Waals surface area contributed by atoms with Crippen molar-refractivity contribution in [3.05, 3.63) is 29.3 Å². The maximum Gasteiger partial charge on any atom is 0.0918 e. The van der Waals surface area contributed by atoms with E-state index < -0.39 is 0 Å². The van der Waals surface area contributed by atoms with Crippen molar-refractivity contribution in [2.24, 2.45) is 4.99 Å². The molecule has 0 aliphatic carbocycles. The van der Waals surface area contributed by atoms with Crippen LogP contribution in [0.3, 0.4) is 0 Å². The third-order valence-electron chi connectivity index (χ3n) is 1.75. The second kappa shape index (κ2) is 3.13. The number of nitrogens with one attached hydrogen (secondary N) is 1. The number of rotatable bonds is 1. The molecule has 1 aromatic rings. The molecule has 0 aromatic heterocycles. The Morgan fingerprint density at radius 2 is 2.09 bits per heavy atom. The van der Waals surface area contributed by atoms with Gasteiger partial charge in [0.25, 0.3) is 0 Å². The van der Waals surface area contributed by atoms with Crippen molar-refractivity contribution in [1.29, 1.82) is 5.41 Å². The van der Waals surface area contributed by atoms with Gasteiger partial charge in [-0.3, -0.25) is 0 Å². The highest BCUT2D eigenvalue weighted by atomic mass is 14.7. The first kappa shape index (κ1) is 7.70. The highest BCUT2D eigenvalue weighted by molar-refractivity contribution is 5.55. The zero-order valence-electron chi connectivity index (χ0n) is 6.68. The molecule has 1 N–H and O–H groups in total. The molecular weight excluding hydrogens is 136 g/mol. The largest absolute Gasteiger partial charge is 0.241 e. The lowest BCUT2D eigenvalue weighted by Crippen LogP contribution is -1.79. The summed E-state index contributed by atoms with van der Waals surface area (Å²) in [5.41, 5.74) is 3.15. The molecule has 1 rings (SSSR count). The lowest BCUT2D eigenvalue weighted by molar-refractivity contribution is 1.31. The van der Waals surface area contributed by atoms with E-state index >= 15 is 0 Å². The minimum atomic E-state index is 0.833. The van der Waals surface area contributed by atoms with E-state index in [0.29, 0.717) is 0 Å². The van der Waals surface area contributed by atoms with Crippen LogP contribution in [0.5, 0.6) is 0 Å². The van der Waals surface area contributed by atoms with Crippen molar-refractivity contribution in [2.45, 2.75) is 13.8 Å². The quantitative estimate of drug-likeness (QED) is 0.591. The summed E-state index contributed by atoms with van der Waals surface area (Å²) in [5.74, 6) is 0. The summed E-state index contributed by atoms with van der Waals surface area (Å²) in [5, 5.41) is 6.69. The van der Waals surface area contributed by atoms with Gasteiger partial charge in [0, 0.05) is 0 Å². The van der Waals surface area contributed by atoms with Gasteiger partial charge < -0.3 is 0 Å². The van der Waals surface area contributed by atoms with Crippen LogP contribution in [0.15, 0.2) is 23.2 Å². The normalized spacial score (nSPS) is 8.91.